The van der Waals surface area contributed by atoms with E-state index in [0.29, 0.717) is 17.2 Å². The Labute approximate surface area is 104 Å². The van der Waals surface area contributed by atoms with Gasteiger partial charge in [0.2, 0.25) is 0 Å². The molecule has 3 atom stereocenters. The van der Waals surface area contributed by atoms with Crippen molar-refractivity contribution in [3.05, 3.63) is 0 Å². The SMILES string of the molecule is CC1(C)C2CCC(C2)C1(CBr)OCC(F)F. The fourth-order valence-electron chi connectivity index (χ4n) is 3.77. The Bertz CT molecular complexity index is 270. The van der Waals surface area contributed by atoms with E-state index < -0.39 is 13.0 Å². The van der Waals surface area contributed by atoms with Crippen molar-refractivity contribution in [2.45, 2.75) is 45.1 Å². The summed E-state index contributed by atoms with van der Waals surface area (Å²) in [7, 11) is 0. The predicted octanol–water partition coefficient (Wildman–Crippen LogP) is 3.86. The zero-order valence-electron chi connectivity index (χ0n) is 9.81. The Balaban J connectivity index is 2.19. The average molecular weight is 297 g/mol. The Morgan fingerprint density at radius 1 is 1.31 bits per heavy atom. The fourth-order valence-corrected chi connectivity index (χ4v) is 5.11. The summed E-state index contributed by atoms with van der Waals surface area (Å²) >= 11 is 3.49. The quantitative estimate of drug-likeness (QED) is 0.716. The van der Waals surface area contributed by atoms with E-state index in [1.807, 2.05) is 0 Å². The first kappa shape index (κ1) is 12.7. The van der Waals surface area contributed by atoms with Crippen molar-refractivity contribution >= 4 is 15.9 Å². The lowest BCUT2D eigenvalue weighted by Crippen LogP contribution is -2.53. The van der Waals surface area contributed by atoms with Crippen LogP contribution < -0.4 is 0 Å². The van der Waals surface area contributed by atoms with Gasteiger partial charge in [0.15, 0.2) is 0 Å². The summed E-state index contributed by atoms with van der Waals surface area (Å²) < 4.78 is 30.4. The third kappa shape index (κ3) is 1.64. The monoisotopic (exact) mass is 296 g/mol. The molecule has 1 nitrogen and oxygen atoms in total. The van der Waals surface area contributed by atoms with Gasteiger partial charge in [0.05, 0.1) is 5.60 Å². The van der Waals surface area contributed by atoms with E-state index in [9.17, 15) is 8.78 Å². The van der Waals surface area contributed by atoms with Crippen molar-refractivity contribution in [3.63, 3.8) is 0 Å². The van der Waals surface area contributed by atoms with Crippen LogP contribution in [0.25, 0.3) is 0 Å². The molecule has 0 aromatic carbocycles. The van der Waals surface area contributed by atoms with Gasteiger partial charge in [-0.2, -0.15) is 0 Å². The first-order valence-electron chi connectivity index (χ1n) is 5.92. The Morgan fingerprint density at radius 2 is 1.94 bits per heavy atom. The first-order chi connectivity index (χ1) is 7.44. The van der Waals surface area contributed by atoms with Crippen LogP contribution in [0.2, 0.25) is 0 Å². The van der Waals surface area contributed by atoms with E-state index in [-0.39, 0.29) is 11.0 Å². The van der Waals surface area contributed by atoms with Crippen LogP contribution in [-0.2, 0) is 4.74 Å². The molecule has 2 aliphatic carbocycles. The van der Waals surface area contributed by atoms with Crippen LogP contribution in [0.15, 0.2) is 0 Å². The van der Waals surface area contributed by atoms with Gasteiger partial charge in [-0.05, 0) is 36.5 Å². The number of hydrogen-bond acceptors (Lipinski definition) is 1. The number of hydrogen-bond donors (Lipinski definition) is 0. The van der Waals surface area contributed by atoms with Gasteiger partial charge in [-0.15, -0.1) is 0 Å². The van der Waals surface area contributed by atoms with Crippen molar-refractivity contribution < 1.29 is 13.5 Å². The molecule has 2 bridgehead atoms. The van der Waals surface area contributed by atoms with Gasteiger partial charge >= 0.3 is 0 Å². The first-order valence-corrected chi connectivity index (χ1v) is 7.04. The van der Waals surface area contributed by atoms with E-state index in [1.165, 1.54) is 6.42 Å². The second-order valence-corrected chi connectivity index (χ2v) is 6.21. The minimum atomic E-state index is -2.37. The standard InChI is InChI=1S/C12H19BrF2O/c1-11(2)8-3-4-9(5-8)12(11,7-13)16-6-10(14)15/h8-10H,3-7H2,1-2H3. The van der Waals surface area contributed by atoms with Crippen LogP contribution in [0.3, 0.4) is 0 Å². The predicted molar refractivity (Wildman–Crippen MR) is 63.1 cm³/mol. The molecule has 0 spiro atoms. The second-order valence-electron chi connectivity index (χ2n) is 5.65. The average Bonchev–Trinajstić information content (AvgIpc) is 2.74. The van der Waals surface area contributed by atoms with E-state index in [1.54, 1.807) is 0 Å². The molecule has 2 aliphatic rings. The van der Waals surface area contributed by atoms with Crippen LogP contribution in [0.5, 0.6) is 0 Å². The van der Waals surface area contributed by atoms with E-state index >= 15 is 0 Å². The normalized spacial score (nSPS) is 40.9. The van der Waals surface area contributed by atoms with Crippen molar-refractivity contribution in [1.82, 2.24) is 0 Å². The zero-order valence-corrected chi connectivity index (χ0v) is 11.4. The smallest absolute Gasteiger partial charge is 0.261 e. The molecular weight excluding hydrogens is 278 g/mol. The summed E-state index contributed by atoms with van der Waals surface area (Å²) in [4.78, 5) is 0. The number of ether oxygens (including phenoxy) is 1. The summed E-state index contributed by atoms with van der Waals surface area (Å²) in [5.41, 5.74) is -0.374. The highest BCUT2D eigenvalue weighted by atomic mass is 79.9. The summed E-state index contributed by atoms with van der Waals surface area (Å²) in [5, 5.41) is 0.668. The minimum absolute atomic E-state index is 0.00824. The van der Waals surface area contributed by atoms with Crippen LogP contribution in [-0.4, -0.2) is 24.0 Å². The largest absolute Gasteiger partial charge is 0.367 e. The molecule has 0 aromatic heterocycles. The molecule has 2 saturated carbocycles. The van der Waals surface area contributed by atoms with Crippen molar-refractivity contribution in [2.24, 2.45) is 17.3 Å². The van der Waals surface area contributed by atoms with Gasteiger partial charge in [-0.3, -0.25) is 0 Å². The highest BCUT2D eigenvalue weighted by Crippen LogP contribution is 2.63. The number of alkyl halides is 3. The highest BCUT2D eigenvalue weighted by Gasteiger charge is 2.63. The maximum atomic E-state index is 12.3. The Hall–Kier alpha value is 0.300. The van der Waals surface area contributed by atoms with Crippen molar-refractivity contribution in [3.8, 4) is 0 Å². The van der Waals surface area contributed by atoms with E-state index in [4.69, 9.17) is 4.74 Å². The fraction of sp³-hybridized carbons (Fsp3) is 1.00. The number of rotatable bonds is 4. The molecule has 0 radical (unpaired) electrons. The summed E-state index contributed by atoms with van der Waals surface area (Å²) in [6, 6.07) is 0. The van der Waals surface area contributed by atoms with Crippen LogP contribution >= 0.6 is 15.9 Å². The Morgan fingerprint density at radius 3 is 2.38 bits per heavy atom. The molecule has 0 heterocycles. The van der Waals surface area contributed by atoms with E-state index in [0.717, 1.165) is 12.8 Å². The summed E-state index contributed by atoms with van der Waals surface area (Å²) in [6.07, 6.45) is 1.13. The van der Waals surface area contributed by atoms with Gasteiger partial charge in [0, 0.05) is 5.33 Å². The molecule has 2 rings (SSSR count). The molecule has 16 heavy (non-hydrogen) atoms. The van der Waals surface area contributed by atoms with Gasteiger partial charge in [0.1, 0.15) is 6.61 Å². The number of fused-ring (bicyclic) bond motifs is 2. The second kappa shape index (κ2) is 4.20. The molecular formula is C12H19BrF2O. The van der Waals surface area contributed by atoms with Gasteiger partial charge < -0.3 is 4.74 Å². The molecule has 4 heteroatoms. The van der Waals surface area contributed by atoms with Crippen molar-refractivity contribution in [1.29, 1.82) is 0 Å². The minimum Gasteiger partial charge on any atom is -0.367 e. The molecule has 3 unspecified atom stereocenters. The molecule has 0 N–H and O–H groups in total. The van der Waals surface area contributed by atoms with Crippen molar-refractivity contribution in [2.75, 3.05) is 11.9 Å². The highest BCUT2D eigenvalue weighted by molar-refractivity contribution is 9.09. The summed E-state index contributed by atoms with van der Waals surface area (Å²) in [5.74, 6) is 1.08. The molecule has 0 aliphatic heterocycles. The van der Waals surface area contributed by atoms with Gasteiger partial charge in [-0.1, -0.05) is 29.8 Å². The van der Waals surface area contributed by atoms with Crippen LogP contribution in [0.1, 0.15) is 33.1 Å². The maximum absolute atomic E-state index is 12.3. The lowest BCUT2D eigenvalue weighted by Gasteiger charge is -2.48. The molecule has 0 amide bonds. The molecule has 0 aromatic rings. The van der Waals surface area contributed by atoms with E-state index in [2.05, 4.69) is 29.8 Å². The Kier molecular flexibility index (Phi) is 3.35. The maximum Gasteiger partial charge on any atom is 0.261 e. The zero-order chi connectivity index (χ0) is 12.0. The summed E-state index contributed by atoms with van der Waals surface area (Å²) in [6.45, 7) is 3.91. The molecule has 0 saturated heterocycles. The lowest BCUT2D eigenvalue weighted by molar-refractivity contribution is -0.159. The third-order valence-corrected chi connectivity index (χ3v) is 5.70. The lowest BCUT2D eigenvalue weighted by atomic mass is 9.66. The number of halogens is 3. The molecule has 2 fully saturated rings. The van der Waals surface area contributed by atoms with Crippen LogP contribution in [0, 0.1) is 17.3 Å². The molecule has 94 valence electrons. The third-order valence-electron chi connectivity index (χ3n) is 4.87. The van der Waals surface area contributed by atoms with Crippen LogP contribution in [0.4, 0.5) is 8.78 Å². The van der Waals surface area contributed by atoms with Gasteiger partial charge in [0.25, 0.3) is 6.43 Å². The topological polar surface area (TPSA) is 9.23 Å². The van der Waals surface area contributed by atoms with Gasteiger partial charge in [-0.25, -0.2) is 8.78 Å².